The third-order valence-electron chi connectivity index (χ3n) is 6.35. The molecule has 0 radical (unpaired) electrons. The van der Waals surface area contributed by atoms with Gasteiger partial charge in [-0.05, 0) is 36.1 Å². The molecule has 0 atom stereocenters. The lowest BCUT2D eigenvalue weighted by Crippen LogP contribution is -2.28. The average molecular weight is 420 g/mol. The Morgan fingerprint density at radius 1 is 0.806 bits per heavy atom. The van der Waals surface area contributed by atoms with Crippen molar-refractivity contribution in [2.75, 3.05) is 0 Å². The van der Waals surface area contributed by atoms with Gasteiger partial charge in [-0.3, -0.25) is 0 Å². The fraction of sp³-hybridized carbons (Fsp3) is 0.0741. The summed E-state index contributed by atoms with van der Waals surface area (Å²) in [6.07, 6.45) is 2.22. The minimum absolute atomic E-state index is 0.956. The molecule has 3 heterocycles. The fourth-order valence-corrected chi connectivity index (χ4v) is 6.05. The van der Waals surface area contributed by atoms with Crippen molar-refractivity contribution >= 4 is 59.1 Å². The van der Waals surface area contributed by atoms with Crippen LogP contribution in [0.4, 0.5) is 0 Å². The highest BCUT2D eigenvalue weighted by Gasteiger charge is 2.28. The summed E-state index contributed by atoms with van der Waals surface area (Å²) in [7, 11) is 2.13. The van der Waals surface area contributed by atoms with Crippen LogP contribution in [0.3, 0.4) is 0 Å². The van der Waals surface area contributed by atoms with Gasteiger partial charge in [0, 0.05) is 16.2 Å². The van der Waals surface area contributed by atoms with Crippen LogP contribution in [-0.2, 0) is 7.05 Å². The molecule has 31 heavy (non-hydrogen) atoms. The Balaban J connectivity index is 1.68. The zero-order valence-electron chi connectivity index (χ0n) is 17.2. The number of para-hydroxylation sites is 1. The van der Waals surface area contributed by atoms with Crippen LogP contribution in [0.25, 0.3) is 59.1 Å². The highest BCUT2D eigenvalue weighted by Crippen LogP contribution is 2.41. The normalized spacial score (nSPS) is 12.2. The largest absolute Gasteiger partial charge is 0.454 e. The number of fused-ring (bicyclic) bond motifs is 8. The third kappa shape index (κ3) is 2.20. The second-order valence-corrected chi connectivity index (χ2v) is 9.27. The number of benzene rings is 4. The molecule has 0 aliphatic rings. The minimum Gasteiger partial charge on any atom is -0.454 e. The molecule has 0 saturated carbocycles. The quantitative estimate of drug-likeness (QED) is 0.262. The predicted molar refractivity (Wildman–Crippen MR) is 129 cm³/mol. The third-order valence-corrected chi connectivity index (χ3v) is 7.42. The molecule has 0 fully saturated rings. The molecule has 3 aromatic heterocycles. The lowest BCUT2D eigenvalue weighted by Gasteiger charge is -2.04. The van der Waals surface area contributed by atoms with Gasteiger partial charge in [-0.25, -0.2) is 4.57 Å². The Bertz CT molecular complexity index is 1820. The Morgan fingerprint density at radius 3 is 2.52 bits per heavy atom. The Labute approximate surface area is 182 Å². The van der Waals surface area contributed by atoms with E-state index in [1.54, 1.807) is 0 Å². The van der Waals surface area contributed by atoms with Crippen LogP contribution < -0.4 is 4.57 Å². The maximum absolute atomic E-state index is 6.67. The standard InChI is InChI=1S/C27H19N2OS/c1-16-11-13-20-19-14-12-17-7-3-4-8-18(17)25(19)30-26(20)24(16)27-28(2)15-23-29(27)21-9-5-6-10-22(21)31-23/h3-15H,1-2H3/q+1. The Hall–Kier alpha value is -3.63. The van der Waals surface area contributed by atoms with Gasteiger partial charge < -0.3 is 4.42 Å². The summed E-state index contributed by atoms with van der Waals surface area (Å²) < 4.78 is 12.6. The van der Waals surface area contributed by atoms with Gasteiger partial charge >= 0.3 is 0 Å². The van der Waals surface area contributed by atoms with Crippen LogP contribution in [-0.4, -0.2) is 4.40 Å². The van der Waals surface area contributed by atoms with Gasteiger partial charge in [0.05, 0.1) is 11.7 Å². The lowest BCUT2D eigenvalue weighted by atomic mass is 10.0. The van der Waals surface area contributed by atoms with Crippen molar-refractivity contribution in [3.05, 3.63) is 84.6 Å². The molecule has 148 valence electrons. The summed E-state index contributed by atoms with van der Waals surface area (Å²) in [5.74, 6) is 1.15. The van der Waals surface area contributed by atoms with E-state index in [0.717, 1.165) is 33.3 Å². The monoisotopic (exact) mass is 419 g/mol. The molecule has 4 aromatic carbocycles. The molecule has 3 nitrogen and oxygen atoms in total. The van der Waals surface area contributed by atoms with Crippen molar-refractivity contribution in [2.45, 2.75) is 6.92 Å². The van der Waals surface area contributed by atoms with Crippen LogP contribution in [0.15, 0.2) is 83.4 Å². The summed E-state index contributed by atoms with van der Waals surface area (Å²) >= 11 is 1.82. The molecular weight excluding hydrogens is 400 g/mol. The molecule has 0 aliphatic heterocycles. The van der Waals surface area contributed by atoms with E-state index in [9.17, 15) is 0 Å². The zero-order valence-corrected chi connectivity index (χ0v) is 18.0. The number of imidazole rings is 1. The van der Waals surface area contributed by atoms with E-state index in [0.29, 0.717) is 0 Å². The van der Waals surface area contributed by atoms with Crippen molar-refractivity contribution < 1.29 is 8.98 Å². The van der Waals surface area contributed by atoms with E-state index in [-0.39, 0.29) is 0 Å². The van der Waals surface area contributed by atoms with Gasteiger partial charge in [-0.2, -0.15) is 4.40 Å². The highest BCUT2D eigenvalue weighted by molar-refractivity contribution is 7.23. The number of thiazole rings is 1. The van der Waals surface area contributed by atoms with E-state index >= 15 is 0 Å². The highest BCUT2D eigenvalue weighted by atomic mass is 32.1. The van der Waals surface area contributed by atoms with Gasteiger partial charge in [0.25, 0.3) is 5.82 Å². The van der Waals surface area contributed by atoms with Gasteiger partial charge in [-0.1, -0.05) is 65.9 Å². The first kappa shape index (κ1) is 17.1. The smallest absolute Gasteiger partial charge is 0.299 e. The van der Waals surface area contributed by atoms with Gasteiger partial charge in [0.2, 0.25) is 4.83 Å². The molecule has 0 saturated heterocycles. The maximum atomic E-state index is 6.67. The van der Waals surface area contributed by atoms with Crippen LogP contribution in [0.5, 0.6) is 0 Å². The van der Waals surface area contributed by atoms with E-state index in [4.69, 9.17) is 4.42 Å². The first-order valence-corrected chi connectivity index (χ1v) is 11.2. The summed E-state index contributed by atoms with van der Waals surface area (Å²) in [5, 5.41) is 4.69. The second-order valence-electron chi connectivity index (χ2n) is 8.21. The molecule has 0 spiro atoms. The lowest BCUT2D eigenvalue weighted by molar-refractivity contribution is -0.658. The SMILES string of the molecule is Cc1ccc2c(oc3c4ccccc4ccc23)c1-c1n2c(c[n+]1C)sc1ccccc12. The summed E-state index contributed by atoms with van der Waals surface area (Å²) in [6, 6.07) is 25.8. The second kappa shape index (κ2) is 5.96. The average Bonchev–Trinajstić information content (AvgIpc) is 3.43. The van der Waals surface area contributed by atoms with Crippen molar-refractivity contribution in [3.63, 3.8) is 0 Å². The van der Waals surface area contributed by atoms with E-state index in [2.05, 4.69) is 102 Å². The number of aromatic nitrogens is 2. The van der Waals surface area contributed by atoms with Gasteiger partial charge in [0.1, 0.15) is 17.3 Å². The Kier molecular flexibility index (Phi) is 3.29. The number of nitrogens with zero attached hydrogens (tertiary/aromatic N) is 2. The summed E-state index contributed by atoms with van der Waals surface area (Å²) in [5.41, 5.74) is 5.52. The Morgan fingerprint density at radius 2 is 1.58 bits per heavy atom. The summed E-state index contributed by atoms with van der Waals surface area (Å²) in [4.78, 5) is 1.23. The van der Waals surface area contributed by atoms with E-state index < -0.39 is 0 Å². The number of hydrogen-bond acceptors (Lipinski definition) is 2. The number of furan rings is 1. The number of rotatable bonds is 1. The zero-order chi connectivity index (χ0) is 20.7. The van der Waals surface area contributed by atoms with Crippen LogP contribution in [0.2, 0.25) is 0 Å². The van der Waals surface area contributed by atoms with E-state index in [1.807, 2.05) is 11.3 Å². The molecule has 0 unspecified atom stereocenters. The molecule has 7 rings (SSSR count). The molecule has 0 amide bonds. The molecular formula is C27H19N2OS+. The van der Waals surface area contributed by atoms with Crippen LogP contribution in [0, 0.1) is 6.92 Å². The molecule has 0 aliphatic carbocycles. The van der Waals surface area contributed by atoms with Crippen molar-refractivity contribution in [1.82, 2.24) is 4.40 Å². The topological polar surface area (TPSA) is 21.4 Å². The number of aryl methyl sites for hydroxylation is 2. The molecule has 0 N–H and O–H groups in total. The predicted octanol–water partition coefficient (Wildman–Crippen LogP) is 7.01. The maximum Gasteiger partial charge on any atom is 0.299 e. The van der Waals surface area contributed by atoms with Gasteiger partial charge in [0.15, 0.2) is 11.1 Å². The van der Waals surface area contributed by atoms with Crippen LogP contribution >= 0.6 is 11.3 Å². The van der Waals surface area contributed by atoms with Crippen molar-refractivity contribution in [2.24, 2.45) is 7.05 Å². The molecule has 0 bridgehead atoms. The molecule has 4 heteroatoms. The number of hydrogen-bond donors (Lipinski definition) is 0. The first-order chi connectivity index (χ1) is 15.2. The van der Waals surface area contributed by atoms with Crippen molar-refractivity contribution in [1.29, 1.82) is 0 Å². The minimum atomic E-state index is 0.956. The fourth-order valence-electron chi connectivity index (χ4n) is 4.92. The summed E-state index contributed by atoms with van der Waals surface area (Å²) in [6.45, 7) is 2.17. The van der Waals surface area contributed by atoms with Gasteiger partial charge in [-0.15, -0.1) is 0 Å². The van der Waals surface area contributed by atoms with Crippen molar-refractivity contribution in [3.8, 4) is 11.4 Å². The molecule has 7 aromatic rings. The first-order valence-electron chi connectivity index (χ1n) is 10.4. The van der Waals surface area contributed by atoms with Crippen LogP contribution in [0.1, 0.15) is 5.56 Å². The van der Waals surface area contributed by atoms with E-state index in [1.165, 1.54) is 31.4 Å².